The van der Waals surface area contributed by atoms with E-state index in [1.54, 1.807) is 12.1 Å². The lowest BCUT2D eigenvalue weighted by atomic mass is 10.2. The van der Waals surface area contributed by atoms with E-state index in [-0.39, 0.29) is 25.4 Å². The van der Waals surface area contributed by atoms with Gasteiger partial charge in [-0.3, -0.25) is 9.59 Å². The molecule has 0 heterocycles. The first kappa shape index (κ1) is 17.5. The van der Waals surface area contributed by atoms with Gasteiger partial charge in [0.05, 0.1) is 5.92 Å². The summed E-state index contributed by atoms with van der Waals surface area (Å²) in [6, 6.07) is 8.63. The molecule has 0 aliphatic heterocycles. The fourth-order valence-electron chi connectivity index (χ4n) is 1.73. The van der Waals surface area contributed by atoms with Crippen LogP contribution in [-0.2, 0) is 9.59 Å². The van der Waals surface area contributed by atoms with Gasteiger partial charge >= 0.3 is 12.0 Å². The molecule has 3 amide bonds. The molecule has 1 atom stereocenters. The summed E-state index contributed by atoms with van der Waals surface area (Å²) in [6.45, 7) is 1.82. The lowest BCUT2D eigenvalue weighted by Crippen LogP contribution is -2.41. The summed E-state index contributed by atoms with van der Waals surface area (Å²) in [7, 11) is 1.51. The van der Waals surface area contributed by atoms with Crippen LogP contribution >= 0.6 is 0 Å². The lowest BCUT2D eigenvalue weighted by Gasteiger charge is -2.19. The van der Waals surface area contributed by atoms with Crippen LogP contribution in [0.2, 0.25) is 0 Å². The smallest absolute Gasteiger partial charge is 0.317 e. The fourth-order valence-corrected chi connectivity index (χ4v) is 1.73. The molecular weight excluding hydrogens is 286 g/mol. The van der Waals surface area contributed by atoms with E-state index in [1.165, 1.54) is 18.9 Å². The third-order valence-corrected chi connectivity index (χ3v) is 3.00. The molecule has 0 aliphatic rings. The van der Waals surface area contributed by atoms with Gasteiger partial charge in [0.1, 0.15) is 0 Å². The second-order valence-corrected chi connectivity index (χ2v) is 5.02. The highest BCUT2D eigenvalue weighted by atomic mass is 16.4. The van der Waals surface area contributed by atoms with Crippen LogP contribution in [0.25, 0.3) is 0 Å². The summed E-state index contributed by atoms with van der Waals surface area (Å²) in [5.74, 6) is -1.80. The van der Waals surface area contributed by atoms with Crippen LogP contribution in [0.4, 0.5) is 10.5 Å². The number of nitrogens with one attached hydrogen (secondary N) is 2. The van der Waals surface area contributed by atoms with E-state index >= 15 is 0 Å². The Balaban J connectivity index is 2.27. The average molecular weight is 307 g/mol. The molecular formula is C15H21N3O4. The molecule has 3 N–H and O–H groups in total. The van der Waals surface area contributed by atoms with Crippen molar-refractivity contribution in [1.29, 1.82) is 0 Å². The molecule has 0 bridgehead atoms. The number of benzene rings is 1. The van der Waals surface area contributed by atoms with Crippen LogP contribution < -0.4 is 10.6 Å². The molecule has 1 unspecified atom stereocenters. The van der Waals surface area contributed by atoms with E-state index in [4.69, 9.17) is 5.11 Å². The molecule has 0 aliphatic carbocycles. The van der Waals surface area contributed by atoms with Gasteiger partial charge in [-0.15, -0.1) is 0 Å². The monoisotopic (exact) mass is 307 g/mol. The third kappa shape index (κ3) is 6.25. The van der Waals surface area contributed by atoms with Crippen LogP contribution in [0.3, 0.4) is 0 Å². The van der Waals surface area contributed by atoms with E-state index in [2.05, 4.69) is 10.6 Å². The Labute approximate surface area is 129 Å². The molecule has 7 nitrogen and oxygen atoms in total. The molecule has 1 aromatic rings. The van der Waals surface area contributed by atoms with Crippen LogP contribution in [0.1, 0.15) is 13.3 Å². The van der Waals surface area contributed by atoms with Crippen molar-refractivity contribution in [3.63, 3.8) is 0 Å². The van der Waals surface area contributed by atoms with E-state index < -0.39 is 17.9 Å². The number of carboxylic acid groups (broad SMARTS) is 1. The Kier molecular flexibility index (Phi) is 6.88. The Morgan fingerprint density at radius 2 is 1.86 bits per heavy atom. The number of carbonyl (C=O) groups is 3. The molecule has 7 heteroatoms. The predicted molar refractivity (Wildman–Crippen MR) is 82.5 cm³/mol. The zero-order valence-corrected chi connectivity index (χ0v) is 12.7. The third-order valence-electron chi connectivity index (χ3n) is 3.00. The first-order valence-corrected chi connectivity index (χ1v) is 6.97. The Hall–Kier alpha value is -2.57. The fraction of sp³-hybridized carbons (Fsp3) is 0.400. The maximum atomic E-state index is 11.7. The number of hydrogen-bond acceptors (Lipinski definition) is 3. The summed E-state index contributed by atoms with van der Waals surface area (Å²) in [5, 5.41) is 14.1. The number of aliphatic carboxylic acids is 1. The minimum Gasteiger partial charge on any atom is -0.481 e. The van der Waals surface area contributed by atoms with Crippen LogP contribution in [0.5, 0.6) is 0 Å². The van der Waals surface area contributed by atoms with Gasteiger partial charge in [0.2, 0.25) is 5.91 Å². The van der Waals surface area contributed by atoms with Crippen molar-refractivity contribution in [2.24, 2.45) is 5.92 Å². The van der Waals surface area contributed by atoms with Gasteiger partial charge in [-0.25, -0.2) is 4.79 Å². The number of anilines is 1. The highest BCUT2D eigenvalue weighted by Gasteiger charge is 2.17. The second kappa shape index (κ2) is 8.66. The van der Waals surface area contributed by atoms with E-state index in [0.717, 1.165) is 0 Å². The predicted octanol–water partition coefficient (Wildman–Crippen LogP) is 1.38. The quantitative estimate of drug-likeness (QED) is 0.708. The van der Waals surface area contributed by atoms with Crippen molar-refractivity contribution < 1.29 is 19.5 Å². The number of carboxylic acids is 1. The molecule has 22 heavy (non-hydrogen) atoms. The molecule has 0 saturated carbocycles. The molecule has 0 fully saturated rings. The van der Waals surface area contributed by atoms with Crippen LogP contribution in [0.15, 0.2) is 30.3 Å². The summed E-state index contributed by atoms with van der Waals surface area (Å²) in [6.07, 6.45) is 0.142. The van der Waals surface area contributed by atoms with Gasteiger partial charge in [0.15, 0.2) is 0 Å². The number of para-hydroxylation sites is 1. The van der Waals surface area contributed by atoms with Gasteiger partial charge in [0, 0.05) is 32.2 Å². The Morgan fingerprint density at radius 3 is 2.45 bits per heavy atom. The van der Waals surface area contributed by atoms with Crippen LogP contribution in [-0.4, -0.2) is 48.1 Å². The topological polar surface area (TPSA) is 98.7 Å². The average Bonchev–Trinajstić information content (AvgIpc) is 2.47. The van der Waals surface area contributed by atoms with Crippen molar-refractivity contribution in [3.8, 4) is 0 Å². The second-order valence-electron chi connectivity index (χ2n) is 5.02. The highest BCUT2D eigenvalue weighted by Crippen LogP contribution is 2.05. The number of carbonyl (C=O) groups excluding carboxylic acids is 2. The largest absolute Gasteiger partial charge is 0.481 e. The summed E-state index contributed by atoms with van der Waals surface area (Å²) < 4.78 is 0. The molecule has 0 radical (unpaired) electrons. The van der Waals surface area contributed by atoms with Crippen molar-refractivity contribution in [1.82, 2.24) is 10.2 Å². The van der Waals surface area contributed by atoms with Crippen molar-refractivity contribution >= 4 is 23.6 Å². The van der Waals surface area contributed by atoms with Crippen molar-refractivity contribution in [3.05, 3.63) is 30.3 Å². The Bertz CT molecular complexity index is 519. The van der Waals surface area contributed by atoms with E-state index in [1.807, 2.05) is 18.2 Å². The molecule has 0 saturated heterocycles. The highest BCUT2D eigenvalue weighted by molar-refractivity contribution is 5.91. The summed E-state index contributed by atoms with van der Waals surface area (Å²) in [4.78, 5) is 35.4. The van der Waals surface area contributed by atoms with Crippen molar-refractivity contribution in [2.45, 2.75) is 13.3 Å². The standard InChI is InChI=1S/C15H21N3O4/c1-11(14(20)21)10-18(2)15(22)16-9-8-13(19)17-12-6-4-3-5-7-12/h3-7,11H,8-10H2,1-2H3,(H,16,22)(H,17,19)(H,20,21). The number of nitrogens with zero attached hydrogens (tertiary/aromatic N) is 1. The minimum atomic E-state index is -0.957. The zero-order chi connectivity index (χ0) is 16.5. The molecule has 0 spiro atoms. The maximum Gasteiger partial charge on any atom is 0.317 e. The van der Waals surface area contributed by atoms with E-state index in [9.17, 15) is 14.4 Å². The lowest BCUT2D eigenvalue weighted by molar-refractivity contribution is -0.141. The van der Waals surface area contributed by atoms with Gasteiger partial charge in [-0.1, -0.05) is 25.1 Å². The number of rotatable bonds is 7. The number of hydrogen-bond donors (Lipinski definition) is 3. The molecule has 0 aromatic heterocycles. The van der Waals surface area contributed by atoms with Crippen LogP contribution in [0, 0.1) is 5.92 Å². The minimum absolute atomic E-state index is 0.109. The summed E-state index contributed by atoms with van der Waals surface area (Å²) in [5.41, 5.74) is 0.700. The van der Waals surface area contributed by atoms with Gasteiger partial charge < -0.3 is 20.6 Å². The number of urea groups is 1. The van der Waals surface area contributed by atoms with Gasteiger partial charge in [-0.2, -0.15) is 0 Å². The van der Waals surface area contributed by atoms with Gasteiger partial charge in [0.25, 0.3) is 0 Å². The molecule has 120 valence electrons. The van der Waals surface area contributed by atoms with Gasteiger partial charge in [-0.05, 0) is 12.1 Å². The Morgan fingerprint density at radius 1 is 1.23 bits per heavy atom. The number of amides is 3. The molecule has 1 aromatic carbocycles. The normalized spacial score (nSPS) is 11.4. The summed E-state index contributed by atoms with van der Waals surface area (Å²) >= 11 is 0. The van der Waals surface area contributed by atoms with Crippen molar-refractivity contribution in [2.75, 3.05) is 25.5 Å². The SMILES string of the molecule is CC(CN(C)C(=O)NCCC(=O)Nc1ccccc1)C(=O)O. The zero-order valence-electron chi connectivity index (χ0n) is 12.7. The van der Waals surface area contributed by atoms with E-state index in [0.29, 0.717) is 5.69 Å². The first-order chi connectivity index (χ1) is 10.4. The maximum absolute atomic E-state index is 11.7. The first-order valence-electron chi connectivity index (χ1n) is 6.97. The molecule has 1 rings (SSSR count).